The first kappa shape index (κ1) is 12.9. The third kappa shape index (κ3) is 2.32. The second-order valence-corrected chi connectivity index (χ2v) is 5.44. The Balaban J connectivity index is 1.99. The zero-order valence-electron chi connectivity index (χ0n) is 11.1. The summed E-state index contributed by atoms with van der Waals surface area (Å²) < 4.78 is 20.0. The van der Waals surface area contributed by atoms with Crippen LogP contribution in [0.2, 0.25) is 0 Å². The number of aryl methyl sites for hydroxylation is 1. The number of halogens is 1. The molecular weight excluding hydrogens is 275 g/mol. The number of rotatable bonds is 3. The molecule has 0 fully saturated rings. The summed E-state index contributed by atoms with van der Waals surface area (Å²) in [7, 11) is 1.55. The maximum absolute atomic E-state index is 13.8. The minimum Gasteiger partial charge on any atom is -0.497 e. The number of anilines is 2. The highest BCUT2D eigenvalue weighted by Crippen LogP contribution is 2.31. The molecule has 0 aliphatic heterocycles. The summed E-state index contributed by atoms with van der Waals surface area (Å²) in [6, 6.07) is 10.6. The van der Waals surface area contributed by atoms with E-state index in [2.05, 4.69) is 10.3 Å². The highest BCUT2D eigenvalue weighted by atomic mass is 32.1. The van der Waals surface area contributed by atoms with Crippen molar-refractivity contribution in [1.82, 2.24) is 4.98 Å². The molecule has 20 heavy (non-hydrogen) atoms. The van der Waals surface area contributed by atoms with Gasteiger partial charge in [-0.05, 0) is 30.7 Å². The van der Waals surface area contributed by atoms with Crippen LogP contribution in [0.1, 0.15) is 5.56 Å². The molecule has 0 atom stereocenters. The Bertz CT molecular complexity index is 770. The minimum atomic E-state index is -0.332. The lowest BCUT2D eigenvalue weighted by Gasteiger charge is -2.06. The fraction of sp³-hybridized carbons (Fsp3) is 0.133. The van der Waals surface area contributed by atoms with Crippen molar-refractivity contribution in [1.29, 1.82) is 0 Å². The number of hydrogen-bond acceptors (Lipinski definition) is 4. The van der Waals surface area contributed by atoms with Crippen LogP contribution in [0, 0.1) is 12.7 Å². The van der Waals surface area contributed by atoms with Gasteiger partial charge in [-0.3, -0.25) is 0 Å². The van der Waals surface area contributed by atoms with E-state index in [1.165, 1.54) is 17.4 Å². The van der Waals surface area contributed by atoms with Gasteiger partial charge in [0.1, 0.15) is 11.6 Å². The molecule has 3 aromatic rings. The second kappa shape index (κ2) is 5.09. The molecular formula is C15H13FN2OS. The molecule has 0 amide bonds. The Morgan fingerprint density at radius 2 is 2.10 bits per heavy atom. The molecule has 5 heteroatoms. The zero-order chi connectivity index (χ0) is 14.1. The zero-order valence-corrected chi connectivity index (χ0v) is 11.9. The van der Waals surface area contributed by atoms with E-state index in [0.717, 1.165) is 15.8 Å². The van der Waals surface area contributed by atoms with Crippen molar-refractivity contribution in [3.63, 3.8) is 0 Å². The largest absolute Gasteiger partial charge is 0.497 e. The molecule has 0 aliphatic carbocycles. The van der Waals surface area contributed by atoms with E-state index in [4.69, 9.17) is 4.74 Å². The predicted molar refractivity (Wildman–Crippen MR) is 80.6 cm³/mol. The molecule has 1 aromatic heterocycles. The first-order valence-electron chi connectivity index (χ1n) is 6.14. The number of nitrogens with zero attached hydrogens (tertiary/aromatic N) is 1. The number of fused-ring (bicyclic) bond motifs is 1. The molecule has 0 saturated heterocycles. The molecule has 3 nitrogen and oxygen atoms in total. The van der Waals surface area contributed by atoms with Gasteiger partial charge in [-0.2, -0.15) is 0 Å². The van der Waals surface area contributed by atoms with Crippen molar-refractivity contribution >= 4 is 32.4 Å². The van der Waals surface area contributed by atoms with Crippen molar-refractivity contribution in [3.8, 4) is 5.75 Å². The number of thiazole rings is 1. The van der Waals surface area contributed by atoms with Crippen LogP contribution in [0.15, 0.2) is 36.4 Å². The van der Waals surface area contributed by atoms with E-state index < -0.39 is 0 Å². The van der Waals surface area contributed by atoms with E-state index in [9.17, 15) is 4.39 Å². The standard InChI is InChI=1S/C15H13FN2OS/c1-9-4-3-5-13-14(9)18-15(20-13)17-12-8-10(19-2)6-7-11(12)16/h3-8H,1-2H3,(H,17,18). The van der Waals surface area contributed by atoms with Crippen LogP contribution in [0.4, 0.5) is 15.2 Å². The van der Waals surface area contributed by atoms with Crippen molar-refractivity contribution < 1.29 is 9.13 Å². The molecule has 3 rings (SSSR count). The average molecular weight is 288 g/mol. The van der Waals surface area contributed by atoms with Crippen LogP contribution in [0.3, 0.4) is 0 Å². The van der Waals surface area contributed by atoms with Crippen LogP contribution in [0.25, 0.3) is 10.2 Å². The lowest BCUT2D eigenvalue weighted by Crippen LogP contribution is -1.94. The highest BCUT2D eigenvalue weighted by Gasteiger charge is 2.09. The van der Waals surface area contributed by atoms with Crippen LogP contribution in [-0.4, -0.2) is 12.1 Å². The number of ether oxygens (including phenoxy) is 1. The van der Waals surface area contributed by atoms with Gasteiger partial charge in [-0.1, -0.05) is 23.5 Å². The fourth-order valence-electron chi connectivity index (χ4n) is 1.98. The fourth-order valence-corrected chi connectivity index (χ4v) is 2.94. The van der Waals surface area contributed by atoms with Gasteiger partial charge in [-0.25, -0.2) is 9.37 Å². The van der Waals surface area contributed by atoms with Crippen LogP contribution < -0.4 is 10.1 Å². The number of benzene rings is 2. The van der Waals surface area contributed by atoms with Gasteiger partial charge in [0.05, 0.1) is 23.0 Å². The van der Waals surface area contributed by atoms with Crippen molar-refractivity contribution in [3.05, 3.63) is 47.8 Å². The van der Waals surface area contributed by atoms with Gasteiger partial charge in [0.25, 0.3) is 0 Å². The average Bonchev–Trinajstić information content (AvgIpc) is 2.85. The molecule has 1 N–H and O–H groups in total. The number of para-hydroxylation sites is 1. The van der Waals surface area contributed by atoms with Gasteiger partial charge in [0, 0.05) is 6.07 Å². The van der Waals surface area contributed by atoms with Gasteiger partial charge in [0.2, 0.25) is 0 Å². The van der Waals surface area contributed by atoms with E-state index in [1.54, 1.807) is 19.2 Å². The van der Waals surface area contributed by atoms with Gasteiger partial charge < -0.3 is 10.1 Å². The van der Waals surface area contributed by atoms with Crippen LogP contribution >= 0.6 is 11.3 Å². The van der Waals surface area contributed by atoms with Crippen molar-refractivity contribution in [2.45, 2.75) is 6.92 Å². The molecule has 0 spiro atoms. The summed E-state index contributed by atoms with van der Waals surface area (Å²) in [4.78, 5) is 4.50. The molecule has 0 radical (unpaired) electrons. The molecule has 2 aromatic carbocycles. The Hall–Kier alpha value is -2.14. The number of aromatic nitrogens is 1. The lowest BCUT2D eigenvalue weighted by atomic mass is 10.2. The van der Waals surface area contributed by atoms with Crippen LogP contribution in [-0.2, 0) is 0 Å². The first-order chi connectivity index (χ1) is 9.67. The summed E-state index contributed by atoms with van der Waals surface area (Å²) >= 11 is 1.50. The summed E-state index contributed by atoms with van der Waals surface area (Å²) in [5, 5.41) is 3.68. The molecule has 0 bridgehead atoms. The Morgan fingerprint density at radius 3 is 2.85 bits per heavy atom. The maximum atomic E-state index is 13.8. The lowest BCUT2D eigenvalue weighted by molar-refractivity contribution is 0.414. The van der Waals surface area contributed by atoms with E-state index in [1.807, 2.05) is 25.1 Å². The van der Waals surface area contributed by atoms with E-state index in [0.29, 0.717) is 16.6 Å². The Kier molecular flexibility index (Phi) is 3.28. The topological polar surface area (TPSA) is 34.1 Å². The molecule has 0 unspecified atom stereocenters. The van der Waals surface area contributed by atoms with Crippen molar-refractivity contribution in [2.24, 2.45) is 0 Å². The smallest absolute Gasteiger partial charge is 0.188 e. The molecule has 1 heterocycles. The number of methoxy groups -OCH3 is 1. The summed E-state index contributed by atoms with van der Waals surface area (Å²) in [6.45, 7) is 2.01. The number of nitrogens with one attached hydrogen (secondary N) is 1. The third-order valence-electron chi connectivity index (χ3n) is 3.04. The second-order valence-electron chi connectivity index (χ2n) is 4.41. The van der Waals surface area contributed by atoms with Gasteiger partial charge >= 0.3 is 0 Å². The van der Waals surface area contributed by atoms with E-state index in [-0.39, 0.29) is 5.82 Å². The minimum absolute atomic E-state index is 0.332. The SMILES string of the molecule is COc1ccc(F)c(Nc2nc3c(C)cccc3s2)c1. The third-order valence-corrected chi connectivity index (χ3v) is 3.97. The van der Waals surface area contributed by atoms with Gasteiger partial charge in [0.15, 0.2) is 5.13 Å². The molecule has 0 aliphatic rings. The Morgan fingerprint density at radius 1 is 1.25 bits per heavy atom. The maximum Gasteiger partial charge on any atom is 0.188 e. The monoisotopic (exact) mass is 288 g/mol. The summed E-state index contributed by atoms with van der Waals surface area (Å²) in [6.07, 6.45) is 0. The highest BCUT2D eigenvalue weighted by molar-refractivity contribution is 7.22. The van der Waals surface area contributed by atoms with Crippen LogP contribution in [0.5, 0.6) is 5.75 Å². The predicted octanol–water partition coefficient (Wildman–Crippen LogP) is 4.50. The van der Waals surface area contributed by atoms with E-state index >= 15 is 0 Å². The normalized spacial score (nSPS) is 10.8. The molecule has 102 valence electrons. The number of hydrogen-bond donors (Lipinski definition) is 1. The Labute approximate surface area is 120 Å². The summed E-state index contributed by atoms with van der Waals surface area (Å²) in [5.74, 6) is 0.271. The molecule has 0 saturated carbocycles. The quantitative estimate of drug-likeness (QED) is 0.770. The first-order valence-corrected chi connectivity index (χ1v) is 6.96. The van der Waals surface area contributed by atoms with Gasteiger partial charge in [-0.15, -0.1) is 0 Å². The van der Waals surface area contributed by atoms with Crippen molar-refractivity contribution in [2.75, 3.05) is 12.4 Å². The summed E-state index contributed by atoms with van der Waals surface area (Å²) in [5.41, 5.74) is 2.42.